The van der Waals surface area contributed by atoms with E-state index in [9.17, 15) is 0 Å². The third kappa shape index (κ3) is 1.51. The van der Waals surface area contributed by atoms with E-state index in [1.807, 2.05) is 0 Å². The SMILES string of the molecule is CC1CCC1Nc1n[nH]c(=S)s1. The molecule has 66 valence electrons. The summed E-state index contributed by atoms with van der Waals surface area (Å²) in [5.41, 5.74) is 0. The van der Waals surface area contributed by atoms with Crippen molar-refractivity contribution < 1.29 is 0 Å². The Morgan fingerprint density at radius 2 is 2.50 bits per heavy atom. The molecule has 0 bridgehead atoms. The van der Waals surface area contributed by atoms with Gasteiger partial charge in [-0.05, 0) is 31.0 Å². The Balaban J connectivity index is 1.99. The zero-order valence-corrected chi connectivity index (χ0v) is 8.47. The van der Waals surface area contributed by atoms with E-state index in [1.54, 1.807) is 0 Å². The van der Waals surface area contributed by atoms with E-state index in [-0.39, 0.29) is 0 Å². The smallest absolute Gasteiger partial charge is 0.204 e. The van der Waals surface area contributed by atoms with Crippen molar-refractivity contribution in [2.45, 2.75) is 25.8 Å². The lowest BCUT2D eigenvalue weighted by Crippen LogP contribution is -2.36. The van der Waals surface area contributed by atoms with E-state index < -0.39 is 0 Å². The number of nitrogens with zero attached hydrogens (tertiary/aromatic N) is 1. The summed E-state index contributed by atoms with van der Waals surface area (Å²) in [6.45, 7) is 2.26. The Hall–Kier alpha value is -0.420. The van der Waals surface area contributed by atoms with Gasteiger partial charge in [0.15, 0.2) is 3.95 Å². The number of hydrogen-bond donors (Lipinski definition) is 2. The summed E-state index contributed by atoms with van der Waals surface area (Å²) in [5.74, 6) is 0.780. The first-order valence-electron chi connectivity index (χ1n) is 4.08. The van der Waals surface area contributed by atoms with Gasteiger partial charge in [0.1, 0.15) is 0 Å². The van der Waals surface area contributed by atoms with E-state index in [2.05, 4.69) is 22.4 Å². The fourth-order valence-corrected chi connectivity index (χ4v) is 2.18. The van der Waals surface area contributed by atoms with Gasteiger partial charge in [-0.25, -0.2) is 0 Å². The topological polar surface area (TPSA) is 40.7 Å². The first kappa shape index (κ1) is 8.19. The van der Waals surface area contributed by atoms with Gasteiger partial charge in [0.25, 0.3) is 0 Å². The third-order valence-electron chi connectivity index (χ3n) is 2.37. The molecule has 2 rings (SSSR count). The molecule has 2 unspecified atom stereocenters. The first-order chi connectivity index (χ1) is 5.75. The molecule has 0 aliphatic heterocycles. The number of H-pyrrole nitrogens is 1. The maximum Gasteiger partial charge on any atom is 0.204 e. The summed E-state index contributed by atoms with van der Waals surface area (Å²) in [5, 5.41) is 11.1. The normalized spacial score (nSPS) is 28.1. The Morgan fingerprint density at radius 3 is 2.92 bits per heavy atom. The number of hydrogen-bond acceptors (Lipinski definition) is 4. The van der Waals surface area contributed by atoms with E-state index in [4.69, 9.17) is 12.2 Å². The average molecular weight is 201 g/mol. The predicted molar refractivity (Wildman–Crippen MR) is 53.1 cm³/mol. The van der Waals surface area contributed by atoms with Gasteiger partial charge in [0.2, 0.25) is 5.13 Å². The second-order valence-corrected chi connectivity index (χ2v) is 4.89. The Bertz CT molecular complexity index is 316. The summed E-state index contributed by atoms with van der Waals surface area (Å²) < 4.78 is 0.740. The summed E-state index contributed by atoms with van der Waals surface area (Å²) in [6.07, 6.45) is 2.58. The Kier molecular flexibility index (Phi) is 2.14. The molecule has 1 aliphatic carbocycles. The summed E-state index contributed by atoms with van der Waals surface area (Å²) in [7, 11) is 0. The van der Waals surface area contributed by atoms with Crippen LogP contribution in [0.3, 0.4) is 0 Å². The Labute approximate surface area is 80.2 Å². The standard InChI is InChI=1S/C7H11N3S2/c1-4-2-3-5(4)8-6-9-10-7(11)12-6/h4-5H,2-3H2,1H3,(H,8,9)(H,10,11). The summed E-state index contributed by atoms with van der Waals surface area (Å²) in [4.78, 5) is 0. The van der Waals surface area contributed by atoms with Crippen molar-refractivity contribution in [3.63, 3.8) is 0 Å². The van der Waals surface area contributed by atoms with Crippen LogP contribution in [0.1, 0.15) is 19.8 Å². The van der Waals surface area contributed by atoms with Crippen LogP contribution in [0.15, 0.2) is 0 Å². The highest BCUT2D eigenvalue weighted by Gasteiger charge is 2.26. The lowest BCUT2D eigenvalue weighted by molar-refractivity contribution is 0.303. The number of aromatic nitrogens is 2. The largest absolute Gasteiger partial charge is 0.357 e. The average Bonchev–Trinajstić information content (AvgIpc) is 2.44. The van der Waals surface area contributed by atoms with Crippen molar-refractivity contribution in [1.82, 2.24) is 10.2 Å². The highest BCUT2D eigenvalue weighted by atomic mass is 32.1. The van der Waals surface area contributed by atoms with Gasteiger partial charge in [0, 0.05) is 6.04 Å². The van der Waals surface area contributed by atoms with Crippen molar-refractivity contribution in [2.24, 2.45) is 5.92 Å². The van der Waals surface area contributed by atoms with Crippen LogP contribution >= 0.6 is 23.6 Å². The molecule has 2 atom stereocenters. The molecule has 12 heavy (non-hydrogen) atoms. The molecular formula is C7H11N3S2. The van der Waals surface area contributed by atoms with E-state index in [0.717, 1.165) is 15.0 Å². The lowest BCUT2D eigenvalue weighted by atomic mass is 9.81. The van der Waals surface area contributed by atoms with Crippen LogP contribution in [0.5, 0.6) is 0 Å². The zero-order valence-electron chi connectivity index (χ0n) is 6.83. The fraction of sp³-hybridized carbons (Fsp3) is 0.714. The number of nitrogens with one attached hydrogen (secondary N) is 2. The monoisotopic (exact) mass is 201 g/mol. The lowest BCUT2D eigenvalue weighted by Gasteiger charge is -2.34. The number of rotatable bonds is 2. The van der Waals surface area contributed by atoms with Crippen LogP contribution in [0.25, 0.3) is 0 Å². The van der Waals surface area contributed by atoms with Crippen molar-refractivity contribution in [1.29, 1.82) is 0 Å². The van der Waals surface area contributed by atoms with Crippen LogP contribution in [0.2, 0.25) is 0 Å². The zero-order chi connectivity index (χ0) is 8.55. The van der Waals surface area contributed by atoms with Crippen LogP contribution in [0.4, 0.5) is 5.13 Å². The Morgan fingerprint density at radius 1 is 1.67 bits per heavy atom. The molecule has 0 spiro atoms. The molecule has 1 heterocycles. The van der Waals surface area contributed by atoms with E-state index >= 15 is 0 Å². The molecule has 2 N–H and O–H groups in total. The highest BCUT2D eigenvalue weighted by molar-refractivity contribution is 7.73. The molecule has 1 aliphatic rings. The van der Waals surface area contributed by atoms with Crippen molar-refractivity contribution in [3.8, 4) is 0 Å². The fourth-order valence-electron chi connectivity index (χ4n) is 1.33. The summed E-state index contributed by atoms with van der Waals surface area (Å²) in [6, 6.07) is 0.610. The molecule has 3 nitrogen and oxygen atoms in total. The maximum absolute atomic E-state index is 4.93. The predicted octanol–water partition coefficient (Wildman–Crippen LogP) is 2.41. The van der Waals surface area contributed by atoms with Crippen molar-refractivity contribution >= 4 is 28.7 Å². The minimum Gasteiger partial charge on any atom is -0.357 e. The van der Waals surface area contributed by atoms with Crippen molar-refractivity contribution in [3.05, 3.63) is 3.95 Å². The molecule has 1 fully saturated rings. The number of aromatic amines is 1. The minimum absolute atomic E-state index is 0.610. The van der Waals surface area contributed by atoms with E-state index in [1.165, 1.54) is 24.2 Å². The minimum atomic E-state index is 0.610. The third-order valence-corrected chi connectivity index (χ3v) is 3.39. The van der Waals surface area contributed by atoms with Gasteiger partial charge in [-0.3, -0.25) is 5.10 Å². The van der Waals surface area contributed by atoms with Crippen LogP contribution in [0, 0.1) is 9.87 Å². The molecular weight excluding hydrogens is 190 g/mol. The highest BCUT2D eigenvalue weighted by Crippen LogP contribution is 2.30. The van der Waals surface area contributed by atoms with Gasteiger partial charge in [-0.1, -0.05) is 18.3 Å². The maximum atomic E-state index is 4.93. The molecule has 5 heteroatoms. The molecule has 0 amide bonds. The van der Waals surface area contributed by atoms with Gasteiger partial charge < -0.3 is 5.32 Å². The van der Waals surface area contributed by atoms with E-state index in [0.29, 0.717) is 6.04 Å². The van der Waals surface area contributed by atoms with Gasteiger partial charge in [-0.15, -0.1) is 5.10 Å². The summed E-state index contributed by atoms with van der Waals surface area (Å²) >= 11 is 6.43. The van der Waals surface area contributed by atoms with Crippen LogP contribution in [-0.2, 0) is 0 Å². The molecule has 1 saturated carbocycles. The second kappa shape index (κ2) is 3.14. The van der Waals surface area contributed by atoms with Gasteiger partial charge in [0.05, 0.1) is 0 Å². The second-order valence-electron chi connectivity index (χ2n) is 3.22. The van der Waals surface area contributed by atoms with Crippen molar-refractivity contribution in [2.75, 3.05) is 5.32 Å². The van der Waals surface area contributed by atoms with Gasteiger partial charge in [-0.2, -0.15) is 0 Å². The molecule has 0 radical (unpaired) electrons. The molecule has 1 aromatic heterocycles. The van der Waals surface area contributed by atoms with Crippen LogP contribution in [-0.4, -0.2) is 16.2 Å². The molecule has 0 saturated heterocycles. The quantitative estimate of drug-likeness (QED) is 0.722. The molecule has 1 aromatic rings. The van der Waals surface area contributed by atoms with Crippen LogP contribution < -0.4 is 5.32 Å². The number of anilines is 1. The molecule has 0 aromatic carbocycles. The first-order valence-corrected chi connectivity index (χ1v) is 5.30. The van der Waals surface area contributed by atoms with Gasteiger partial charge >= 0.3 is 0 Å².